The number of halogens is 1. The Morgan fingerprint density at radius 1 is 1.20 bits per heavy atom. The smallest absolute Gasteiger partial charge is 0.348 e. The quantitative estimate of drug-likeness (QED) is 0.237. The number of carbonyl (C=O) groups is 1. The molecule has 41 heavy (non-hydrogen) atoms. The number of imidazole rings is 1. The molecule has 214 valence electrons. The Labute approximate surface area is 242 Å². The molecule has 4 aromatic rings. The van der Waals surface area contributed by atoms with E-state index in [4.69, 9.17) is 19.2 Å². The monoisotopic (exact) mass is 576 g/mol. The number of thiophene rings is 1. The van der Waals surface area contributed by atoms with Crippen molar-refractivity contribution >= 4 is 33.2 Å². The van der Waals surface area contributed by atoms with Crippen LogP contribution in [0.3, 0.4) is 0 Å². The molecule has 6 rings (SSSR count). The lowest BCUT2D eigenvalue weighted by Gasteiger charge is -2.29. The van der Waals surface area contributed by atoms with Crippen LogP contribution in [-0.2, 0) is 29.2 Å². The first-order valence-electron chi connectivity index (χ1n) is 13.8. The molecule has 1 atom stereocenters. The van der Waals surface area contributed by atoms with Gasteiger partial charge in [0, 0.05) is 19.7 Å². The van der Waals surface area contributed by atoms with Crippen LogP contribution in [0, 0.1) is 19.7 Å². The number of esters is 1. The van der Waals surface area contributed by atoms with Gasteiger partial charge in [0.1, 0.15) is 27.7 Å². The van der Waals surface area contributed by atoms with E-state index in [1.165, 1.54) is 30.1 Å². The van der Waals surface area contributed by atoms with Crippen molar-refractivity contribution in [2.45, 2.75) is 52.5 Å². The summed E-state index contributed by atoms with van der Waals surface area (Å²) in [5, 5.41) is 0. The number of benzene rings is 1. The van der Waals surface area contributed by atoms with Gasteiger partial charge in [-0.1, -0.05) is 29.8 Å². The van der Waals surface area contributed by atoms with E-state index in [0.29, 0.717) is 18.0 Å². The Kier molecular flexibility index (Phi) is 7.88. The van der Waals surface area contributed by atoms with Gasteiger partial charge in [0.2, 0.25) is 0 Å². The standard InChI is InChI=1S/C31H33FN4O4S/c1-19-4-5-22(20(2)14-19)18-40-29-24(32)6-7-25(34-29)21-8-11-35(12-9-21)17-28-33-26-15-27(31(37)38-3)41-30(26)36(28)16-23-10-13-39-23/h4-8,14-15,23H,9-13,16-18H2,1-3H3. The first kappa shape index (κ1) is 27.6. The molecule has 10 heteroatoms. The van der Waals surface area contributed by atoms with E-state index in [-0.39, 0.29) is 24.6 Å². The summed E-state index contributed by atoms with van der Waals surface area (Å²) in [5.74, 6) is 0.173. The number of methoxy groups -OCH3 is 1. The predicted octanol–water partition coefficient (Wildman–Crippen LogP) is 5.69. The van der Waals surface area contributed by atoms with Crippen LogP contribution in [0.4, 0.5) is 4.39 Å². The molecule has 0 spiro atoms. The third-order valence-corrected chi connectivity index (χ3v) is 8.86. The van der Waals surface area contributed by atoms with Gasteiger partial charge in [0.05, 0.1) is 32.0 Å². The van der Waals surface area contributed by atoms with Crippen molar-refractivity contribution in [2.24, 2.45) is 0 Å². The van der Waals surface area contributed by atoms with Crippen LogP contribution >= 0.6 is 11.3 Å². The van der Waals surface area contributed by atoms with Gasteiger partial charge in [-0.05, 0) is 61.6 Å². The Bertz CT molecular complexity index is 1620. The van der Waals surface area contributed by atoms with Crippen molar-refractivity contribution < 1.29 is 23.4 Å². The van der Waals surface area contributed by atoms with Crippen LogP contribution in [-0.4, -0.2) is 58.3 Å². The Hall–Kier alpha value is -3.60. The summed E-state index contributed by atoms with van der Waals surface area (Å²) in [4.78, 5) is 25.3. The highest BCUT2D eigenvalue weighted by atomic mass is 32.1. The third-order valence-electron chi connectivity index (χ3n) is 7.73. The molecule has 1 aromatic carbocycles. The average molecular weight is 577 g/mol. The molecule has 1 unspecified atom stereocenters. The lowest BCUT2D eigenvalue weighted by molar-refractivity contribution is -0.0591. The SMILES string of the molecule is COC(=O)c1cc2nc(CN3CC=C(c4ccc(F)c(OCc5ccc(C)cc5C)n4)CC3)n(CC3CCO3)c2s1. The zero-order valence-electron chi connectivity index (χ0n) is 23.5. The third kappa shape index (κ3) is 5.91. The summed E-state index contributed by atoms with van der Waals surface area (Å²) in [6.07, 6.45) is 4.12. The predicted molar refractivity (Wildman–Crippen MR) is 156 cm³/mol. The number of hydrogen-bond acceptors (Lipinski definition) is 8. The maximum Gasteiger partial charge on any atom is 0.348 e. The van der Waals surface area contributed by atoms with Crippen molar-refractivity contribution in [3.8, 4) is 5.88 Å². The molecule has 0 bridgehead atoms. The minimum atomic E-state index is -0.464. The van der Waals surface area contributed by atoms with E-state index in [1.807, 2.05) is 32.0 Å². The Morgan fingerprint density at radius 2 is 2.05 bits per heavy atom. The van der Waals surface area contributed by atoms with Crippen LogP contribution in [0.5, 0.6) is 5.88 Å². The molecule has 0 aliphatic carbocycles. The van der Waals surface area contributed by atoms with Crippen LogP contribution < -0.4 is 4.74 Å². The van der Waals surface area contributed by atoms with Gasteiger partial charge >= 0.3 is 5.97 Å². The van der Waals surface area contributed by atoms with Gasteiger partial charge < -0.3 is 18.8 Å². The minimum absolute atomic E-state index is 0.0254. The van der Waals surface area contributed by atoms with E-state index in [2.05, 4.69) is 26.6 Å². The first-order valence-corrected chi connectivity index (χ1v) is 14.7. The van der Waals surface area contributed by atoms with E-state index in [1.54, 1.807) is 6.07 Å². The van der Waals surface area contributed by atoms with Crippen LogP contribution in [0.2, 0.25) is 0 Å². The van der Waals surface area contributed by atoms with E-state index >= 15 is 0 Å². The fourth-order valence-electron chi connectivity index (χ4n) is 5.25. The van der Waals surface area contributed by atoms with Crippen LogP contribution in [0.25, 0.3) is 15.9 Å². The van der Waals surface area contributed by atoms with Crippen LogP contribution in [0.15, 0.2) is 42.5 Å². The molecule has 1 fully saturated rings. The molecule has 2 aliphatic heterocycles. The summed E-state index contributed by atoms with van der Waals surface area (Å²) >= 11 is 1.41. The highest BCUT2D eigenvalue weighted by molar-refractivity contribution is 7.20. The number of hydrogen-bond donors (Lipinski definition) is 0. The second kappa shape index (κ2) is 11.7. The summed E-state index contributed by atoms with van der Waals surface area (Å²) in [6.45, 7) is 8.05. The number of aryl methyl sites for hydroxylation is 2. The summed E-state index contributed by atoms with van der Waals surface area (Å²) in [6, 6.07) is 11.1. The van der Waals surface area contributed by atoms with E-state index < -0.39 is 5.82 Å². The van der Waals surface area contributed by atoms with Crippen molar-refractivity contribution in [2.75, 3.05) is 26.8 Å². The molecule has 0 N–H and O–H groups in total. The highest BCUT2D eigenvalue weighted by Crippen LogP contribution is 2.31. The van der Waals surface area contributed by atoms with Crippen LogP contribution in [0.1, 0.15) is 50.7 Å². The van der Waals surface area contributed by atoms with E-state index in [0.717, 1.165) is 71.1 Å². The minimum Gasteiger partial charge on any atom is -0.471 e. The lowest BCUT2D eigenvalue weighted by Crippen LogP contribution is -2.33. The van der Waals surface area contributed by atoms with Gasteiger partial charge in [0.25, 0.3) is 5.88 Å². The lowest BCUT2D eigenvalue weighted by atomic mass is 10.0. The van der Waals surface area contributed by atoms with Gasteiger partial charge in [-0.25, -0.2) is 19.2 Å². The molecular formula is C31H33FN4O4S. The van der Waals surface area contributed by atoms with Crippen molar-refractivity contribution in [1.82, 2.24) is 19.4 Å². The second-order valence-electron chi connectivity index (χ2n) is 10.6. The van der Waals surface area contributed by atoms with Gasteiger partial charge in [0.15, 0.2) is 5.82 Å². The molecule has 2 aliphatic rings. The number of nitrogens with zero attached hydrogens (tertiary/aromatic N) is 4. The highest BCUT2D eigenvalue weighted by Gasteiger charge is 2.25. The van der Waals surface area contributed by atoms with Gasteiger partial charge in [-0.3, -0.25) is 4.90 Å². The molecule has 1 saturated heterocycles. The average Bonchev–Trinajstić information content (AvgIpc) is 3.49. The number of ether oxygens (including phenoxy) is 3. The van der Waals surface area contributed by atoms with Gasteiger partial charge in [-0.15, -0.1) is 11.3 Å². The molecular weight excluding hydrogens is 543 g/mol. The largest absolute Gasteiger partial charge is 0.471 e. The second-order valence-corrected chi connectivity index (χ2v) is 11.7. The Balaban J connectivity index is 1.15. The van der Waals surface area contributed by atoms with Crippen molar-refractivity contribution in [1.29, 1.82) is 0 Å². The number of pyridine rings is 1. The first-order chi connectivity index (χ1) is 19.9. The maximum atomic E-state index is 14.6. The summed E-state index contributed by atoms with van der Waals surface area (Å²) < 4.78 is 33.2. The van der Waals surface area contributed by atoms with Crippen molar-refractivity contribution in [3.05, 3.63) is 81.4 Å². The molecule has 8 nitrogen and oxygen atoms in total. The van der Waals surface area contributed by atoms with E-state index in [9.17, 15) is 9.18 Å². The molecule has 5 heterocycles. The number of rotatable bonds is 9. The molecule has 0 radical (unpaired) electrons. The molecule has 0 saturated carbocycles. The molecule has 0 amide bonds. The zero-order chi connectivity index (χ0) is 28.5. The zero-order valence-corrected chi connectivity index (χ0v) is 24.3. The topological polar surface area (TPSA) is 78.7 Å². The summed E-state index contributed by atoms with van der Waals surface area (Å²) in [5.41, 5.74) is 5.93. The van der Waals surface area contributed by atoms with Gasteiger partial charge in [-0.2, -0.15) is 0 Å². The number of carbonyl (C=O) groups excluding carboxylic acids is 1. The fourth-order valence-corrected chi connectivity index (χ4v) is 6.29. The number of aromatic nitrogens is 3. The maximum absolute atomic E-state index is 14.6. The summed E-state index contributed by atoms with van der Waals surface area (Å²) in [7, 11) is 1.39. The normalized spacial score (nSPS) is 17.4. The fraction of sp³-hybridized carbons (Fsp3) is 0.387. The Morgan fingerprint density at radius 3 is 2.76 bits per heavy atom. The van der Waals surface area contributed by atoms with Crippen molar-refractivity contribution in [3.63, 3.8) is 0 Å². The number of fused-ring (bicyclic) bond motifs is 1. The molecule has 3 aromatic heterocycles.